The molecule has 3 rings (SSSR count). The molecule has 0 spiro atoms. The highest BCUT2D eigenvalue weighted by Crippen LogP contribution is 2.18. The fourth-order valence-corrected chi connectivity index (χ4v) is 3.41. The molecule has 7 heteroatoms. The van der Waals surface area contributed by atoms with Crippen LogP contribution >= 0.6 is 11.3 Å². The Balaban J connectivity index is 1.46. The molecule has 1 fully saturated rings. The van der Waals surface area contributed by atoms with Crippen molar-refractivity contribution >= 4 is 22.4 Å². The lowest BCUT2D eigenvalue weighted by Gasteiger charge is -2.25. The molecule has 1 saturated heterocycles. The number of aromatic nitrogens is 1. The Hall–Kier alpha value is -1.96. The summed E-state index contributed by atoms with van der Waals surface area (Å²) < 4.78 is 10.6. The number of carbonyl (C=O) groups is 1. The number of nitrogens with one attached hydrogen (secondary N) is 1. The van der Waals surface area contributed by atoms with Gasteiger partial charge in [-0.25, -0.2) is 4.98 Å². The first-order valence-electron chi connectivity index (χ1n) is 8.40. The first kappa shape index (κ1) is 17.8. The van der Waals surface area contributed by atoms with Crippen LogP contribution in [-0.2, 0) is 22.5 Å². The lowest BCUT2D eigenvalue weighted by Crippen LogP contribution is -2.35. The number of morpholine rings is 1. The lowest BCUT2D eigenvalue weighted by atomic mass is 10.1. The number of amides is 1. The summed E-state index contributed by atoms with van der Waals surface area (Å²) in [5.74, 6) is 0.792. The molecule has 0 unspecified atom stereocenters. The van der Waals surface area contributed by atoms with E-state index < -0.39 is 0 Å². The summed E-state index contributed by atoms with van der Waals surface area (Å²) in [6, 6.07) is 7.79. The Kier molecular flexibility index (Phi) is 6.38. The van der Waals surface area contributed by atoms with Crippen molar-refractivity contribution < 1.29 is 14.3 Å². The van der Waals surface area contributed by atoms with Crippen LogP contribution in [0.4, 0.5) is 5.13 Å². The van der Waals surface area contributed by atoms with Crippen LogP contribution in [0.2, 0.25) is 0 Å². The summed E-state index contributed by atoms with van der Waals surface area (Å²) in [5, 5.41) is 5.57. The number of anilines is 1. The van der Waals surface area contributed by atoms with E-state index in [1.165, 1.54) is 11.3 Å². The third-order valence-corrected chi connectivity index (χ3v) is 4.87. The van der Waals surface area contributed by atoms with E-state index in [1.54, 1.807) is 7.11 Å². The Morgan fingerprint density at radius 3 is 3.04 bits per heavy atom. The number of nitrogens with zero attached hydrogens (tertiary/aromatic N) is 2. The van der Waals surface area contributed by atoms with E-state index in [0.29, 0.717) is 18.0 Å². The number of thiazole rings is 1. The molecule has 2 heterocycles. The van der Waals surface area contributed by atoms with Crippen LogP contribution < -0.4 is 10.1 Å². The summed E-state index contributed by atoms with van der Waals surface area (Å²) in [7, 11) is 1.64. The van der Waals surface area contributed by atoms with Crippen molar-refractivity contribution in [2.45, 2.75) is 19.4 Å². The number of ether oxygens (including phenoxy) is 2. The molecule has 134 valence electrons. The Labute approximate surface area is 151 Å². The van der Waals surface area contributed by atoms with Crippen molar-refractivity contribution in [1.29, 1.82) is 0 Å². The van der Waals surface area contributed by atoms with Crippen molar-refractivity contribution in [3.63, 3.8) is 0 Å². The van der Waals surface area contributed by atoms with Gasteiger partial charge in [-0.2, -0.15) is 0 Å². The summed E-state index contributed by atoms with van der Waals surface area (Å²) in [6.07, 6.45) is 1.10. The number of methoxy groups -OCH3 is 1. The highest BCUT2D eigenvalue weighted by molar-refractivity contribution is 7.13. The smallest absolute Gasteiger partial charge is 0.226 e. The molecule has 1 aromatic carbocycles. The van der Waals surface area contributed by atoms with E-state index >= 15 is 0 Å². The molecule has 25 heavy (non-hydrogen) atoms. The highest BCUT2D eigenvalue weighted by atomic mass is 32.1. The number of carbonyl (C=O) groups excluding carboxylic acids is 1. The number of hydrogen-bond donors (Lipinski definition) is 1. The molecule has 1 aromatic heterocycles. The number of benzene rings is 1. The standard InChI is InChI=1S/C18H23N3O3S/c1-23-16-4-2-3-14(11-16)5-6-17(22)20-18-19-15(13-25-18)12-21-7-9-24-10-8-21/h2-4,11,13H,5-10,12H2,1H3,(H,19,20,22). The van der Waals surface area contributed by atoms with Gasteiger partial charge in [0, 0.05) is 31.4 Å². The van der Waals surface area contributed by atoms with Crippen molar-refractivity contribution in [2.24, 2.45) is 0 Å². The quantitative estimate of drug-likeness (QED) is 0.821. The van der Waals surface area contributed by atoms with Crippen molar-refractivity contribution in [1.82, 2.24) is 9.88 Å². The predicted molar refractivity (Wildman–Crippen MR) is 98.2 cm³/mol. The molecule has 0 saturated carbocycles. The van der Waals surface area contributed by atoms with E-state index in [4.69, 9.17) is 9.47 Å². The minimum Gasteiger partial charge on any atom is -0.497 e. The molecule has 0 bridgehead atoms. The molecular formula is C18H23N3O3S. The zero-order chi connectivity index (χ0) is 17.5. The maximum absolute atomic E-state index is 12.1. The van der Waals surface area contributed by atoms with Gasteiger partial charge in [-0.1, -0.05) is 12.1 Å². The molecule has 2 aromatic rings. The fraction of sp³-hybridized carbons (Fsp3) is 0.444. The van der Waals surface area contributed by atoms with Crippen molar-refractivity contribution in [3.8, 4) is 5.75 Å². The highest BCUT2D eigenvalue weighted by Gasteiger charge is 2.13. The van der Waals surface area contributed by atoms with Gasteiger partial charge in [-0.3, -0.25) is 9.69 Å². The number of hydrogen-bond acceptors (Lipinski definition) is 6. The SMILES string of the molecule is COc1cccc(CCC(=O)Nc2nc(CN3CCOCC3)cs2)c1. The molecule has 6 nitrogen and oxygen atoms in total. The minimum absolute atomic E-state index is 0.0184. The van der Waals surface area contributed by atoms with Crippen molar-refractivity contribution in [2.75, 3.05) is 38.7 Å². The average molecular weight is 361 g/mol. The van der Waals surface area contributed by atoms with Crippen LogP contribution in [-0.4, -0.2) is 49.2 Å². The second-order valence-corrected chi connectivity index (χ2v) is 6.79. The number of rotatable bonds is 7. The van der Waals surface area contributed by atoms with Crippen LogP contribution in [0.25, 0.3) is 0 Å². The van der Waals surface area contributed by atoms with Crippen LogP contribution in [0.3, 0.4) is 0 Å². The van der Waals surface area contributed by atoms with Crippen molar-refractivity contribution in [3.05, 3.63) is 40.9 Å². The van der Waals surface area contributed by atoms with Gasteiger partial charge in [0.15, 0.2) is 5.13 Å². The Bertz CT molecular complexity index is 698. The minimum atomic E-state index is -0.0184. The molecule has 1 aliphatic rings. The lowest BCUT2D eigenvalue weighted by molar-refractivity contribution is -0.116. The van der Waals surface area contributed by atoms with Gasteiger partial charge in [0.2, 0.25) is 5.91 Å². The first-order chi connectivity index (χ1) is 12.2. The Morgan fingerprint density at radius 2 is 2.24 bits per heavy atom. The molecule has 1 N–H and O–H groups in total. The third kappa shape index (κ3) is 5.52. The van der Waals surface area contributed by atoms with E-state index in [1.807, 2.05) is 29.6 Å². The topological polar surface area (TPSA) is 63.7 Å². The van der Waals surface area contributed by atoms with Gasteiger partial charge in [0.25, 0.3) is 0 Å². The van der Waals surface area contributed by atoms with Gasteiger partial charge in [-0.05, 0) is 24.1 Å². The fourth-order valence-electron chi connectivity index (χ4n) is 2.69. The zero-order valence-corrected chi connectivity index (χ0v) is 15.2. The first-order valence-corrected chi connectivity index (χ1v) is 9.28. The normalized spacial score (nSPS) is 15.1. The van der Waals surface area contributed by atoms with Gasteiger partial charge in [0.1, 0.15) is 5.75 Å². The molecular weight excluding hydrogens is 338 g/mol. The maximum Gasteiger partial charge on any atom is 0.226 e. The molecule has 0 aliphatic carbocycles. The molecule has 0 atom stereocenters. The summed E-state index contributed by atoms with van der Waals surface area (Å²) >= 11 is 1.47. The average Bonchev–Trinajstić information content (AvgIpc) is 3.08. The predicted octanol–water partition coefficient (Wildman–Crippen LogP) is 2.56. The molecule has 0 radical (unpaired) electrons. The van der Waals surface area contributed by atoms with E-state index in [-0.39, 0.29) is 5.91 Å². The van der Waals surface area contributed by atoms with Gasteiger partial charge in [-0.15, -0.1) is 11.3 Å². The van der Waals surface area contributed by atoms with E-state index in [9.17, 15) is 4.79 Å². The van der Waals surface area contributed by atoms with Gasteiger partial charge >= 0.3 is 0 Å². The summed E-state index contributed by atoms with van der Waals surface area (Å²) in [6.45, 7) is 4.22. The van der Waals surface area contributed by atoms with Crippen LogP contribution in [0.1, 0.15) is 17.7 Å². The monoisotopic (exact) mass is 361 g/mol. The van der Waals surface area contributed by atoms with Gasteiger partial charge in [0.05, 0.1) is 26.0 Å². The second kappa shape index (κ2) is 8.94. The van der Waals surface area contributed by atoms with Crippen LogP contribution in [0.15, 0.2) is 29.6 Å². The molecule has 1 aliphatic heterocycles. The summed E-state index contributed by atoms with van der Waals surface area (Å²) in [4.78, 5) is 19.0. The second-order valence-electron chi connectivity index (χ2n) is 5.93. The number of aryl methyl sites for hydroxylation is 1. The van der Waals surface area contributed by atoms with E-state index in [2.05, 4.69) is 15.2 Å². The largest absolute Gasteiger partial charge is 0.497 e. The van der Waals surface area contributed by atoms with Gasteiger partial charge < -0.3 is 14.8 Å². The van der Waals surface area contributed by atoms with Crippen LogP contribution in [0, 0.1) is 0 Å². The summed E-state index contributed by atoms with van der Waals surface area (Å²) in [5.41, 5.74) is 2.08. The molecule has 1 amide bonds. The van der Waals surface area contributed by atoms with E-state index in [0.717, 1.165) is 49.9 Å². The third-order valence-electron chi connectivity index (χ3n) is 4.06. The maximum atomic E-state index is 12.1. The Morgan fingerprint density at radius 1 is 1.40 bits per heavy atom. The van der Waals surface area contributed by atoms with Crippen LogP contribution in [0.5, 0.6) is 5.75 Å². The zero-order valence-electron chi connectivity index (χ0n) is 14.4.